The van der Waals surface area contributed by atoms with Crippen molar-refractivity contribution >= 4 is 5.69 Å². The number of rotatable bonds is 6. The maximum atomic E-state index is 5.41. The molecule has 0 saturated carbocycles. The number of nitrogens with one attached hydrogen (secondary N) is 1. The maximum Gasteiger partial charge on any atom is 0.0876 e. The average Bonchev–Trinajstić information content (AvgIpc) is 2.91. The molecule has 0 aliphatic carbocycles. The normalized spacial score (nSPS) is 12.3. The quantitative estimate of drug-likeness (QED) is 0.850. The minimum Gasteiger partial charge on any atom is -0.380 e. The summed E-state index contributed by atoms with van der Waals surface area (Å²) in [6.07, 6.45) is 3.72. The van der Waals surface area contributed by atoms with Crippen LogP contribution in [0, 0.1) is 0 Å². The molecule has 1 aromatic carbocycles. The summed E-state index contributed by atoms with van der Waals surface area (Å²) >= 11 is 0. The fourth-order valence-corrected chi connectivity index (χ4v) is 1.81. The highest BCUT2D eigenvalue weighted by Gasteiger charge is 2.07. The number of aromatic nitrogens is 2. The van der Waals surface area contributed by atoms with E-state index in [2.05, 4.69) is 23.4 Å². The lowest BCUT2D eigenvalue weighted by atomic mass is 10.2. The Balaban J connectivity index is 2.13. The summed E-state index contributed by atoms with van der Waals surface area (Å²) in [5, 5.41) is 7.71. The molecule has 0 spiro atoms. The highest BCUT2D eigenvalue weighted by molar-refractivity contribution is 5.60. The molecule has 0 bridgehead atoms. The third-order valence-corrected chi connectivity index (χ3v) is 2.63. The summed E-state index contributed by atoms with van der Waals surface area (Å²) in [4.78, 5) is 0. The molecule has 4 heteroatoms. The van der Waals surface area contributed by atoms with Crippen LogP contribution in [-0.2, 0) is 4.74 Å². The van der Waals surface area contributed by atoms with Crippen LogP contribution in [0.25, 0.3) is 5.69 Å². The molecule has 0 fully saturated rings. The first-order valence-electron chi connectivity index (χ1n) is 6.24. The molecule has 1 heterocycles. The Morgan fingerprint density at radius 2 is 2.17 bits per heavy atom. The summed E-state index contributed by atoms with van der Waals surface area (Å²) < 4.78 is 7.27. The number of hydrogen-bond acceptors (Lipinski definition) is 3. The topological polar surface area (TPSA) is 39.1 Å². The molecule has 0 amide bonds. The van der Waals surface area contributed by atoms with Crippen molar-refractivity contribution in [2.75, 3.05) is 18.5 Å². The van der Waals surface area contributed by atoms with Crippen LogP contribution in [-0.4, -0.2) is 29.0 Å². The van der Waals surface area contributed by atoms with E-state index < -0.39 is 0 Å². The van der Waals surface area contributed by atoms with Crippen LogP contribution in [0.5, 0.6) is 0 Å². The summed E-state index contributed by atoms with van der Waals surface area (Å²) in [6.45, 7) is 5.55. The number of nitrogens with zero attached hydrogens (tertiary/aromatic N) is 2. The first-order valence-corrected chi connectivity index (χ1v) is 6.24. The molecule has 96 valence electrons. The smallest absolute Gasteiger partial charge is 0.0876 e. The van der Waals surface area contributed by atoms with Gasteiger partial charge in [-0.1, -0.05) is 12.1 Å². The minimum absolute atomic E-state index is 0.265. The van der Waals surface area contributed by atoms with E-state index in [0.29, 0.717) is 6.61 Å². The van der Waals surface area contributed by atoms with Gasteiger partial charge >= 0.3 is 0 Å². The van der Waals surface area contributed by atoms with Gasteiger partial charge in [0.1, 0.15) is 0 Å². The second-order valence-corrected chi connectivity index (χ2v) is 4.17. The highest BCUT2D eigenvalue weighted by Crippen LogP contribution is 2.19. The number of hydrogen-bond donors (Lipinski definition) is 1. The lowest BCUT2D eigenvalue weighted by Crippen LogP contribution is -2.22. The predicted molar refractivity (Wildman–Crippen MR) is 73.1 cm³/mol. The van der Waals surface area contributed by atoms with Gasteiger partial charge in [-0.05, 0) is 32.0 Å². The van der Waals surface area contributed by atoms with E-state index in [1.54, 1.807) is 6.20 Å². The van der Waals surface area contributed by atoms with Crippen LogP contribution in [0.3, 0.4) is 0 Å². The van der Waals surface area contributed by atoms with Crippen molar-refractivity contribution in [2.24, 2.45) is 0 Å². The van der Waals surface area contributed by atoms with Gasteiger partial charge < -0.3 is 10.1 Å². The van der Waals surface area contributed by atoms with Gasteiger partial charge in [-0.2, -0.15) is 5.10 Å². The monoisotopic (exact) mass is 245 g/mol. The van der Waals surface area contributed by atoms with Gasteiger partial charge in [-0.15, -0.1) is 0 Å². The largest absolute Gasteiger partial charge is 0.380 e. The lowest BCUT2D eigenvalue weighted by Gasteiger charge is -2.17. The number of para-hydroxylation sites is 2. The van der Waals surface area contributed by atoms with Crippen LogP contribution in [0.15, 0.2) is 42.7 Å². The molecule has 0 saturated heterocycles. The number of benzene rings is 1. The van der Waals surface area contributed by atoms with Crippen LogP contribution in [0.1, 0.15) is 13.8 Å². The summed E-state index contributed by atoms with van der Waals surface area (Å²) in [5.41, 5.74) is 2.11. The molecule has 2 aromatic rings. The molecule has 0 aliphatic heterocycles. The van der Waals surface area contributed by atoms with Crippen molar-refractivity contribution in [1.82, 2.24) is 9.78 Å². The molecule has 0 radical (unpaired) electrons. The van der Waals surface area contributed by atoms with Crippen molar-refractivity contribution in [2.45, 2.75) is 19.9 Å². The summed E-state index contributed by atoms with van der Waals surface area (Å²) in [5.74, 6) is 0. The van der Waals surface area contributed by atoms with Gasteiger partial charge in [0.2, 0.25) is 0 Å². The van der Waals surface area contributed by atoms with Gasteiger partial charge in [0.05, 0.1) is 18.0 Å². The van der Waals surface area contributed by atoms with E-state index in [0.717, 1.165) is 18.0 Å². The van der Waals surface area contributed by atoms with Crippen molar-refractivity contribution < 1.29 is 4.74 Å². The fourth-order valence-electron chi connectivity index (χ4n) is 1.81. The van der Waals surface area contributed by atoms with Crippen LogP contribution in [0.4, 0.5) is 5.69 Å². The van der Waals surface area contributed by atoms with E-state index in [-0.39, 0.29) is 6.04 Å². The molecule has 0 aliphatic rings. The Bertz CT molecular complexity index is 468. The highest BCUT2D eigenvalue weighted by atomic mass is 16.5. The molecule has 1 unspecified atom stereocenters. The van der Waals surface area contributed by atoms with Crippen LogP contribution < -0.4 is 5.32 Å². The van der Waals surface area contributed by atoms with Crippen LogP contribution >= 0.6 is 0 Å². The SMILES string of the molecule is CCOCC(C)Nc1ccccc1-n1cccn1. The fraction of sp³-hybridized carbons (Fsp3) is 0.357. The Hall–Kier alpha value is -1.81. The van der Waals surface area contributed by atoms with Gasteiger partial charge in [0, 0.05) is 25.0 Å². The van der Waals surface area contributed by atoms with Crippen molar-refractivity contribution in [3.8, 4) is 5.69 Å². The van der Waals surface area contributed by atoms with Gasteiger partial charge in [-0.25, -0.2) is 4.68 Å². The molecule has 18 heavy (non-hydrogen) atoms. The van der Waals surface area contributed by atoms with Crippen molar-refractivity contribution in [3.05, 3.63) is 42.7 Å². The zero-order valence-corrected chi connectivity index (χ0v) is 10.8. The number of anilines is 1. The molecule has 1 atom stereocenters. The molecule has 1 aromatic heterocycles. The Labute approximate surface area is 108 Å². The third kappa shape index (κ3) is 3.11. The molecule has 1 N–H and O–H groups in total. The van der Waals surface area contributed by atoms with E-state index in [1.807, 2.05) is 42.1 Å². The van der Waals surface area contributed by atoms with E-state index in [4.69, 9.17) is 4.74 Å². The molecular weight excluding hydrogens is 226 g/mol. The Kier molecular flexibility index (Phi) is 4.36. The molecular formula is C14H19N3O. The zero-order valence-electron chi connectivity index (χ0n) is 10.8. The first kappa shape index (κ1) is 12.6. The molecule has 4 nitrogen and oxygen atoms in total. The van der Waals surface area contributed by atoms with Crippen molar-refractivity contribution in [1.29, 1.82) is 0 Å². The van der Waals surface area contributed by atoms with Gasteiger partial charge in [0.15, 0.2) is 0 Å². The second kappa shape index (κ2) is 6.21. The van der Waals surface area contributed by atoms with E-state index in [1.165, 1.54) is 0 Å². The Morgan fingerprint density at radius 1 is 1.33 bits per heavy atom. The zero-order chi connectivity index (χ0) is 12.8. The van der Waals surface area contributed by atoms with Crippen LogP contribution in [0.2, 0.25) is 0 Å². The average molecular weight is 245 g/mol. The third-order valence-electron chi connectivity index (χ3n) is 2.63. The number of ether oxygens (including phenoxy) is 1. The standard InChI is InChI=1S/C14H19N3O/c1-3-18-11-12(2)16-13-7-4-5-8-14(13)17-10-6-9-15-17/h4-10,12,16H,3,11H2,1-2H3. The summed E-state index contributed by atoms with van der Waals surface area (Å²) in [7, 11) is 0. The van der Waals surface area contributed by atoms with Gasteiger partial charge in [0.25, 0.3) is 0 Å². The predicted octanol–water partition coefficient (Wildman–Crippen LogP) is 2.71. The summed E-state index contributed by atoms with van der Waals surface area (Å²) in [6, 6.07) is 10.3. The van der Waals surface area contributed by atoms with E-state index >= 15 is 0 Å². The van der Waals surface area contributed by atoms with Crippen molar-refractivity contribution in [3.63, 3.8) is 0 Å². The Morgan fingerprint density at radius 3 is 2.89 bits per heavy atom. The van der Waals surface area contributed by atoms with E-state index in [9.17, 15) is 0 Å². The minimum atomic E-state index is 0.265. The first-order chi connectivity index (χ1) is 8.81. The second-order valence-electron chi connectivity index (χ2n) is 4.17. The molecule has 2 rings (SSSR count). The van der Waals surface area contributed by atoms with Gasteiger partial charge in [-0.3, -0.25) is 0 Å². The maximum absolute atomic E-state index is 5.41. The lowest BCUT2D eigenvalue weighted by molar-refractivity contribution is 0.141.